The topological polar surface area (TPSA) is 12.0 Å². The second-order valence-electron chi connectivity index (χ2n) is 6.07. The maximum atomic E-state index is 5.92. The van der Waals surface area contributed by atoms with Crippen LogP contribution in [0, 0.1) is 5.92 Å². The Morgan fingerprint density at radius 3 is 2.00 bits per heavy atom. The molecule has 1 atom stereocenters. The lowest BCUT2D eigenvalue weighted by Gasteiger charge is -2.15. The van der Waals surface area contributed by atoms with Crippen molar-refractivity contribution in [2.45, 2.75) is 39.8 Å². The molecule has 2 aromatic rings. The van der Waals surface area contributed by atoms with E-state index in [1.54, 1.807) is 0 Å². The van der Waals surface area contributed by atoms with Gasteiger partial charge in [0.15, 0.2) is 0 Å². The zero-order chi connectivity index (χ0) is 15.2. The number of nitrogens with one attached hydrogen (secondary N) is 1. The molecule has 0 saturated heterocycles. The van der Waals surface area contributed by atoms with Crippen LogP contribution in [0.15, 0.2) is 48.5 Å². The van der Waals surface area contributed by atoms with Gasteiger partial charge in [0.05, 0.1) is 0 Å². The molecule has 21 heavy (non-hydrogen) atoms. The van der Waals surface area contributed by atoms with Gasteiger partial charge in [0.1, 0.15) is 0 Å². The highest BCUT2D eigenvalue weighted by molar-refractivity contribution is 6.30. The van der Waals surface area contributed by atoms with E-state index in [9.17, 15) is 0 Å². The summed E-state index contributed by atoms with van der Waals surface area (Å²) in [6.45, 7) is 7.56. The Kier molecular flexibility index (Phi) is 5.84. The van der Waals surface area contributed by atoms with Gasteiger partial charge in [0, 0.05) is 17.6 Å². The Morgan fingerprint density at radius 2 is 1.43 bits per heavy atom. The molecule has 0 saturated carbocycles. The summed E-state index contributed by atoms with van der Waals surface area (Å²) in [5.41, 5.74) is 4.00. The van der Waals surface area contributed by atoms with Gasteiger partial charge in [-0.05, 0) is 48.1 Å². The quantitative estimate of drug-likeness (QED) is 0.754. The summed E-state index contributed by atoms with van der Waals surface area (Å²) in [5.74, 6) is 0.707. The molecular weight excluding hydrogens is 278 g/mol. The predicted molar refractivity (Wildman–Crippen MR) is 91.7 cm³/mol. The van der Waals surface area contributed by atoms with Crippen LogP contribution in [-0.4, -0.2) is 0 Å². The maximum absolute atomic E-state index is 5.92. The summed E-state index contributed by atoms with van der Waals surface area (Å²) >= 11 is 5.92. The molecule has 0 aliphatic heterocycles. The second-order valence-corrected chi connectivity index (χ2v) is 6.51. The highest BCUT2D eigenvalue weighted by Gasteiger charge is 2.05. The number of hydrogen-bond acceptors (Lipinski definition) is 1. The Labute approximate surface area is 133 Å². The molecule has 0 fully saturated rings. The fraction of sp³-hybridized carbons (Fsp3) is 0.368. The molecule has 2 rings (SSSR count). The molecule has 1 nitrogen and oxygen atoms in total. The molecular formula is C19H24ClN. The third-order valence-electron chi connectivity index (χ3n) is 3.65. The highest BCUT2D eigenvalue weighted by atomic mass is 35.5. The van der Waals surface area contributed by atoms with Crippen molar-refractivity contribution in [2.24, 2.45) is 5.92 Å². The first-order chi connectivity index (χ1) is 10.0. The minimum atomic E-state index is 0.317. The molecule has 2 aromatic carbocycles. The van der Waals surface area contributed by atoms with Gasteiger partial charge in [-0.25, -0.2) is 0 Å². The average Bonchev–Trinajstić information content (AvgIpc) is 2.46. The molecule has 0 aliphatic rings. The Hall–Kier alpha value is -1.31. The van der Waals surface area contributed by atoms with E-state index in [0.717, 1.165) is 18.0 Å². The van der Waals surface area contributed by atoms with Crippen molar-refractivity contribution < 1.29 is 0 Å². The zero-order valence-electron chi connectivity index (χ0n) is 13.1. The van der Waals surface area contributed by atoms with E-state index in [4.69, 9.17) is 11.6 Å². The number of benzene rings is 2. The minimum absolute atomic E-state index is 0.317. The van der Waals surface area contributed by atoms with Crippen LogP contribution in [0.4, 0.5) is 0 Å². The molecule has 0 aliphatic carbocycles. The normalized spacial score (nSPS) is 12.6. The van der Waals surface area contributed by atoms with E-state index in [0.29, 0.717) is 12.0 Å². The lowest BCUT2D eigenvalue weighted by molar-refractivity contribution is 0.574. The first-order valence-electron chi connectivity index (χ1n) is 7.61. The first kappa shape index (κ1) is 16.1. The van der Waals surface area contributed by atoms with Crippen LogP contribution in [0.2, 0.25) is 5.02 Å². The Bertz CT molecular complexity index is 543. The monoisotopic (exact) mass is 301 g/mol. The van der Waals surface area contributed by atoms with Crippen molar-refractivity contribution in [1.82, 2.24) is 5.32 Å². The van der Waals surface area contributed by atoms with Crippen LogP contribution in [0.5, 0.6) is 0 Å². The highest BCUT2D eigenvalue weighted by Crippen LogP contribution is 2.17. The Morgan fingerprint density at radius 1 is 0.857 bits per heavy atom. The van der Waals surface area contributed by atoms with Crippen molar-refractivity contribution in [1.29, 1.82) is 0 Å². The lowest BCUT2D eigenvalue weighted by Crippen LogP contribution is -2.18. The van der Waals surface area contributed by atoms with E-state index in [1.165, 1.54) is 16.7 Å². The molecule has 0 radical (unpaired) electrons. The van der Waals surface area contributed by atoms with Gasteiger partial charge < -0.3 is 5.32 Å². The van der Waals surface area contributed by atoms with Crippen molar-refractivity contribution >= 4 is 11.6 Å². The smallest absolute Gasteiger partial charge is 0.0406 e. The molecule has 1 N–H and O–H groups in total. The van der Waals surface area contributed by atoms with Crippen LogP contribution < -0.4 is 5.32 Å². The second kappa shape index (κ2) is 7.63. The van der Waals surface area contributed by atoms with E-state index >= 15 is 0 Å². The van der Waals surface area contributed by atoms with Crippen molar-refractivity contribution in [3.63, 3.8) is 0 Å². The third kappa shape index (κ3) is 5.18. The molecule has 0 bridgehead atoms. The van der Waals surface area contributed by atoms with Crippen LogP contribution in [-0.2, 0) is 13.0 Å². The van der Waals surface area contributed by atoms with E-state index in [-0.39, 0.29) is 0 Å². The summed E-state index contributed by atoms with van der Waals surface area (Å²) < 4.78 is 0. The summed E-state index contributed by atoms with van der Waals surface area (Å²) in [4.78, 5) is 0. The third-order valence-corrected chi connectivity index (χ3v) is 3.90. The van der Waals surface area contributed by atoms with E-state index in [2.05, 4.69) is 62.5 Å². The van der Waals surface area contributed by atoms with Crippen LogP contribution >= 0.6 is 11.6 Å². The molecule has 0 amide bonds. The van der Waals surface area contributed by atoms with Gasteiger partial charge in [0.2, 0.25) is 0 Å². The van der Waals surface area contributed by atoms with Crippen molar-refractivity contribution in [3.8, 4) is 0 Å². The van der Waals surface area contributed by atoms with Gasteiger partial charge in [-0.15, -0.1) is 0 Å². The SMILES string of the molecule is CC(C)Cc1ccc(CN[C@@H](C)c2ccc(Cl)cc2)cc1. The van der Waals surface area contributed by atoms with Crippen LogP contribution in [0.25, 0.3) is 0 Å². The Balaban J connectivity index is 1.88. The van der Waals surface area contributed by atoms with Crippen molar-refractivity contribution in [2.75, 3.05) is 0 Å². The van der Waals surface area contributed by atoms with Crippen LogP contribution in [0.1, 0.15) is 43.5 Å². The number of hydrogen-bond donors (Lipinski definition) is 1. The number of rotatable bonds is 6. The standard InChI is InChI=1S/C19H24ClN/c1-14(2)12-16-4-6-17(7-5-16)13-21-15(3)18-8-10-19(20)11-9-18/h4-11,14-15,21H,12-13H2,1-3H3/t15-/m0/s1. The summed E-state index contributed by atoms with van der Waals surface area (Å²) in [6, 6.07) is 17.3. The predicted octanol–water partition coefficient (Wildman–Crippen LogP) is 5.39. The summed E-state index contributed by atoms with van der Waals surface area (Å²) in [5, 5.41) is 4.34. The van der Waals surface area contributed by atoms with E-state index < -0.39 is 0 Å². The van der Waals surface area contributed by atoms with Gasteiger partial charge in [-0.1, -0.05) is 61.8 Å². The molecule has 0 spiro atoms. The molecule has 112 valence electrons. The average molecular weight is 302 g/mol. The largest absolute Gasteiger partial charge is 0.306 e. The molecule has 0 unspecified atom stereocenters. The van der Waals surface area contributed by atoms with E-state index in [1.807, 2.05) is 12.1 Å². The zero-order valence-corrected chi connectivity index (χ0v) is 13.8. The van der Waals surface area contributed by atoms with Gasteiger partial charge in [-0.2, -0.15) is 0 Å². The van der Waals surface area contributed by atoms with Crippen LogP contribution in [0.3, 0.4) is 0 Å². The van der Waals surface area contributed by atoms with Gasteiger partial charge in [0.25, 0.3) is 0 Å². The lowest BCUT2D eigenvalue weighted by atomic mass is 10.0. The summed E-state index contributed by atoms with van der Waals surface area (Å²) in [6.07, 6.45) is 1.15. The molecule has 0 heterocycles. The van der Waals surface area contributed by atoms with Gasteiger partial charge in [-0.3, -0.25) is 0 Å². The fourth-order valence-electron chi connectivity index (χ4n) is 2.40. The molecule has 2 heteroatoms. The summed E-state index contributed by atoms with van der Waals surface area (Å²) in [7, 11) is 0. The number of halogens is 1. The van der Waals surface area contributed by atoms with Gasteiger partial charge >= 0.3 is 0 Å². The first-order valence-corrected chi connectivity index (χ1v) is 7.99. The maximum Gasteiger partial charge on any atom is 0.0406 e. The minimum Gasteiger partial charge on any atom is -0.306 e. The van der Waals surface area contributed by atoms with Crippen molar-refractivity contribution in [3.05, 3.63) is 70.2 Å². The fourth-order valence-corrected chi connectivity index (χ4v) is 2.53. The molecule has 0 aromatic heterocycles.